The van der Waals surface area contributed by atoms with Crippen molar-refractivity contribution in [3.63, 3.8) is 0 Å². The highest BCUT2D eigenvalue weighted by Gasteiger charge is 2.32. The molecule has 4 rings (SSSR count). The van der Waals surface area contributed by atoms with Crippen LogP contribution in [-0.4, -0.2) is 33.9 Å². The monoisotopic (exact) mass is 563 g/mol. The average Bonchev–Trinajstić information content (AvgIpc) is 2.98. The first-order chi connectivity index (χ1) is 19.5. The molecule has 3 aromatic rings. The van der Waals surface area contributed by atoms with Crippen LogP contribution in [0.15, 0.2) is 83.8 Å². The number of amides is 1. The lowest BCUT2D eigenvalue weighted by molar-refractivity contribution is -0.245. The molecule has 0 spiro atoms. The van der Waals surface area contributed by atoms with Crippen molar-refractivity contribution < 1.29 is 29.3 Å². The summed E-state index contributed by atoms with van der Waals surface area (Å²) in [6, 6.07) is 25.7. The molecule has 0 saturated carbocycles. The molecule has 40 heavy (non-hydrogen) atoms. The van der Waals surface area contributed by atoms with Gasteiger partial charge in [-0.15, -0.1) is 11.8 Å². The van der Waals surface area contributed by atoms with Gasteiger partial charge in [-0.2, -0.15) is 0 Å². The Bertz CT molecular complexity index is 1200. The van der Waals surface area contributed by atoms with Crippen LogP contribution in [0.5, 0.6) is 0 Å². The van der Waals surface area contributed by atoms with E-state index >= 15 is 0 Å². The number of hydrogen-bond donors (Lipinski definition) is 3. The molecule has 0 aliphatic carbocycles. The number of rotatable bonds is 14. The molecule has 3 aromatic carbocycles. The number of benzene rings is 3. The predicted molar refractivity (Wildman–Crippen MR) is 156 cm³/mol. The molecule has 1 amide bonds. The fourth-order valence-electron chi connectivity index (χ4n) is 4.59. The van der Waals surface area contributed by atoms with Gasteiger partial charge in [0.1, 0.15) is 0 Å². The predicted octanol–water partition coefficient (Wildman–Crippen LogP) is 6.88. The second kappa shape index (κ2) is 15.6. The normalized spacial score (nSPS) is 18.8. The minimum absolute atomic E-state index is 0.00353. The van der Waals surface area contributed by atoms with Crippen LogP contribution in [0.3, 0.4) is 0 Å². The summed E-state index contributed by atoms with van der Waals surface area (Å²) in [5, 5.41) is 21.1. The number of thioether (sulfide) groups is 1. The highest BCUT2D eigenvalue weighted by Crippen LogP contribution is 2.39. The maximum Gasteiger partial charge on any atom is 0.303 e. The van der Waals surface area contributed by atoms with Gasteiger partial charge in [0, 0.05) is 41.2 Å². The van der Waals surface area contributed by atoms with E-state index in [0.29, 0.717) is 18.5 Å². The van der Waals surface area contributed by atoms with Crippen molar-refractivity contribution in [3.8, 4) is 0 Å². The summed E-state index contributed by atoms with van der Waals surface area (Å²) in [7, 11) is 0. The Morgan fingerprint density at radius 1 is 0.825 bits per heavy atom. The first-order valence-electron chi connectivity index (χ1n) is 13.8. The standard InChI is InChI=1S/C32H37NO6S/c34-21-23-12-14-24(15-13-23)29-20-27(22-40-28-8-4-3-5-9-28)38-32(39-29)25-16-18-26(19-17-25)33-30(35)10-6-1-2-7-11-31(36)37/h3-5,8-9,12-19,27,29,32,34H,1-2,6-7,10-11,20-22H2,(H,33,35)(H,36,37)/t27-,29+,32+/m0/s1. The zero-order valence-electron chi connectivity index (χ0n) is 22.5. The largest absolute Gasteiger partial charge is 0.481 e. The third kappa shape index (κ3) is 9.48. The number of carbonyl (C=O) groups is 2. The van der Waals surface area contributed by atoms with Crippen LogP contribution >= 0.6 is 11.8 Å². The Kier molecular flexibility index (Phi) is 11.6. The first kappa shape index (κ1) is 29.8. The molecule has 7 nitrogen and oxygen atoms in total. The number of carboxylic acid groups (broad SMARTS) is 1. The molecular weight excluding hydrogens is 526 g/mol. The van der Waals surface area contributed by atoms with E-state index in [1.54, 1.807) is 11.8 Å². The lowest BCUT2D eigenvalue weighted by Crippen LogP contribution is -2.31. The lowest BCUT2D eigenvalue weighted by atomic mass is 10.0. The second-order valence-electron chi connectivity index (χ2n) is 9.95. The molecule has 0 aromatic heterocycles. The number of carbonyl (C=O) groups excluding carboxylic acids is 1. The van der Waals surface area contributed by atoms with Gasteiger partial charge in [0.25, 0.3) is 0 Å². The highest BCUT2D eigenvalue weighted by atomic mass is 32.2. The van der Waals surface area contributed by atoms with E-state index in [1.807, 2.05) is 66.7 Å². The summed E-state index contributed by atoms with van der Waals surface area (Å²) in [6.07, 6.45) is 3.60. The molecule has 1 fully saturated rings. The van der Waals surface area contributed by atoms with Gasteiger partial charge in [-0.3, -0.25) is 9.59 Å². The van der Waals surface area contributed by atoms with Crippen LogP contribution in [0.2, 0.25) is 0 Å². The Morgan fingerprint density at radius 3 is 2.17 bits per heavy atom. The minimum atomic E-state index is -0.779. The molecule has 0 bridgehead atoms. The Hall–Kier alpha value is -3.17. The Balaban J connectivity index is 1.35. The molecule has 1 aliphatic rings. The van der Waals surface area contributed by atoms with Crippen molar-refractivity contribution in [2.45, 2.75) is 74.9 Å². The number of nitrogens with one attached hydrogen (secondary N) is 1. The summed E-state index contributed by atoms with van der Waals surface area (Å²) in [5.41, 5.74) is 3.50. The van der Waals surface area contributed by atoms with Crippen LogP contribution in [0, 0.1) is 0 Å². The number of carboxylic acids is 1. The summed E-state index contributed by atoms with van der Waals surface area (Å²) in [5.74, 6) is -0.0425. The summed E-state index contributed by atoms with van der Waals surface area (Å²) >= 11 is 1.76. The molecule has 3 atom stereocenters. The van der Waals surface area contributed by atoms with Crippen LogP contribution in [0.25, 0.3) is 0 Å². The van der Waals surface area contributed by atoms with Gasteiger partial charge in [0.15, 0.2) is 6.29 Å². The van der Waals surface area contributed by atoms with Gasteiger partial charge < -0.3 is 25.0 Å². The van der Waals surface area contributed by atoms with E-state index in [2.05, 4.69) is 17.4 Å². The number of aliphatic hydroxyl groups is 1. The van der Waals surface area contributed by atoms with E-state index in [0.717, 1.165) is 48.1 Å². The van der Waals surface area contributed by atoms with Crippen molar-refractivity contribution >= 4 is 29.3 Å². The number of aliphatic hydroxyl groups excluding tert-OH is 1. The maximum atomic E-state index is 12.3. The minimum Gasteiger partial charge on any atom is -0.481 e. The van der Waals surface area contributed by atoms with Crippen molar-refractivity contribution in [1.82, 2.24) is 0 Å². The number of unbranched alkanes of at least 4 members (excludes halogenated alkanes) is 3. The molecular formula is C32H37NO6S. The molecule has 0 unspecified atom stereocenters. The van der Waals surface area contributed by atoms with Gasteiger partial charge in [0.2, 0.25) is 5.91 Å². The SMILES string of the molecule is O=C(O)CCCCCCC(=O)Nc1ccc([C@@H]2O[C@H](CSc3ccccc3)C[C@H](c3ccc(CO)cc3)O2)cc1. The fraction of sp³-hybridized carbons (Fsp3) is 0.375. The van der Waals surface area contributed by atoms with Crippen molar-refractivity contribution in [1.29, 1.82) is 0 Å². The molecule has 1 aliphatic heterocycles. The molecule has 3 N–H and O–H groups in total. The second-order valence-corrected chi connectivity index (χ2v) is 11.0. The number of ether oxygens (including phenoxy) is 2. The number of hydrogen-bond acceptors (Lipinski definition) is 6. The third-order valence-corrected chi connectivity index (χ3v) is 7.95. The van der Waals surface area contributed by atoms with Crippen molar-refractivity contribution in [2.75, 3.05) is 11.1 Å². The topological polar surface area (TPSA) is 105 Å². The molecule has 1 heterocycles. The molecule has 8 heteroatoms. The average molecular weight is 564 g/mol. The third-order valence-electron chi connectivity index (χ3n) is 6.81. The van der Waals surface area contributed by atoms with Crippen molar-refractivity contribution in [3.05, 3.63) is 95.6 Å². The Labute approximate surface area is 239 Å². The van der Waals surface area contributed by atoms with E-state index < -0.39 is 12.3 Å². The highest BCUT2D eigenvalue weighted by molar-refractivity contribution is 7.99. The fourth-order valence-corrected chi connectivity index (χ4v) is 5.53. The molecule has 0 radical (unpaired) electrons. The summed E-state index contributed by atoms with van der Waals surface area (Å²) in [4.78, 5) is 24.1. The van der Waals surface area contributed by atoms with Crippen LogP contribution in [0.4, 0.5) is 5.69 Å². The summed E-state index contributed by atoms with van der Waals surface area (Å²) < 4.78 is 12.8. The van der Waals surface area contributed by atoms with Crippen LogP contribution in [-0.2, 0) is 25.7 Å². The van der Waals surface area contributed by atoms with E-state index in [9.17, 15) is 14.7 Å². The van der Waals surface area contributed by atoms with Crippen LogP contribution in [0.1, 0.15) is 74.0 Å². The first-order valence-corrected chi connectivity index (χ1v) is 14.8. The van der Waals surface area contributed by atoms with E-state index in [4.69, 9.17) is 14.6 Å². The van der Waals surface area contributed by atoms with Gasteiger partial charge >= 0.3 is 5.97 Å². The number of anilines is 1. The van der Waals surface area contributed by atoms with E-state index in [1.165, 1.54) is 4.90 Å². The molecule has 212 valence electrons. The zero-order chi connectivity index (χ0) is 28.2. The number of aliphatic carboxylic acids is 1. The van der Waals surface area contributed by atoms with Crippen molar-refractivity contribution in [2.24, 2.45) is 0 Å². The van der Waals surface area contributed by atoms with Gasteiger partial charge in [0.05, 0.1) is 18.8 Å². The zero-order valence-corrected chi connectivity index (χ0v) is 23.4. The maximum absolute atomic E-state index is 12.3. The van der Waals surface area contributed by atoms with Gasteiger partial charge in [-0.1, -0.05) is 67.4 Å². The summed E-state index contributed by atoms with van der Waals surface area (Å²) in [6.45, 7) is 0.00353. The quantitative estimate of drug-likeness (QED) is 0.145. The van der Waals surface area contributed by atoms with Gasteiger partial charge in [-0.05, 0) is 48.2 Å². The molecule has 1 saturated heterocycles. The van der Waals surface area contributed by atoms with Crippen LogP contribution < -0.4 is 5.32 Å². The van der Waals surface area contributed by atoms with E-state index in [-0.39, 0.29) is 31.1 Å². The van der Waals surface area contributed by atoms with Gasteiger partial charge in [-0.25, -0.2) is 0 Å². The smallest absolute Gasteiger partial charge is 0.303 e. The lowest BCUT2D eigenvalue weighted by Gasteiger charge is -2.36. The Morgan fingerprint density at radius 2 is 1.50 bits per heavy atom.